The van der Waals surface area contributed by atoms with Crippen LogP contribution in [-0.4, -0.2) is 43.0 Å². The van der Waals surface area contributed by atoms with Crippen LogP contribution in [0, 0.1) is 23.2 Å². The van der Waals surface area contributed by atoms with Gasteiger partial charge in [0.15, 0.2) is 0 Å². The topological polar surface area (TPSA) is 61.4 Å². The van der Waals surface area contributed by atoms with Crippen LogP contribution in [-0.2, 0) is 4.79 Å². The fourth-order valence-electron chi connectivity index (χ4n) is 6.25. The van der Waals surface area contributed by atoms with Gasteiger partial charge in [-0.05, 0) is 74.5 Å². The maximum absolute atomic E-state index is 12.1. The van der Waals surface area contributed by atoms with Crippen LogP contribution in [0.25, 0.3) is 0 Å². The van der Waals surface area contributed by atoms with Crippen LogP contribution in [0.1, 0.15) is 57.8 Å². The number of rotatable bonds is 6. The monoisotopic (exact) mass is 333 g/mol. The third kappa shape index (κ3) is 3.40. The van der Waals surface area contributed by atoms with E-state index in [-0.39, 0.29) is 11.9 Å². The lowest BCUT2D eigenvalue weighted by molar-refractivity contribution is -0.127. The first-order valence-electron chi connectivity index (χ1n) is 9.91. The number of urea groups is 1. The minimum absolute atomic E-state index is 0.0292. The number of carbonyl (C=O) groups is 2. The van der Waals surface area contributed by atoms with Crippen LogP contribution < -0.4 is 10.6 Å². The summed E-state index contributed by atoms with van der Waals surface area (Å²) in [4.78, 5) is 25.5. The van der Waals surface area contributed by atoms with E-state index in [1.807, 2.05) is 4.90 Å². The molecule has 5 fully saturated rings. The lowest BCUT2D eigenvalue weighted by atomic mass is 9.49. The number of likely N-dealkylation sites (tertiary alicyclic amines) is 1. The zero-order valence-electron chi connectivity index (χ0n) is 14.7. The summed E-state index contributed by atoms with van der Waals surface area (Å²) in [6.07, 6.45) is 10.8. The van der Waals surface area contributed by atoms with Crippen LogP contribution in [0.4, 0.5) is 4.79 Å². The van der Waals surface area contributed by atoms with Crippen molar-refractivity contribution in [1.29, 1.82) is 0 Å². The van der Waals surface area contributed by atoms with E-state index in [1.54, 1.807) is 0 Å². The summed E-state index contributed by atoms with van der Waals surface area (Å²) >= 11 is 0. The number of nitrogens with one attached hydrogen (secondary N) is 2. The first kappa shape index (κ1) is 16.2. The van der Waals surface area contributed by atoms with Gasteiger partial charge in [-0.15, -0.1) is 0 Å². The molecule has 1 heterocycles. The van der Waals surface area contributed by atoms with Gasteiger partial charge in [-0.1, -0.05) is 0 Å². The second-order valence-electron chi connectivity index (χ2n) is 8.86. The van der Waals surface area contributed by atoms with Crippen molar-refractivity contribution in [2.45, 2.75) is 57.8 Å². The van der Waals surface area contributed by atoms with Crippen molar-refractivity contribution in [2.24, 2.45) is 23.2 Å². The van der Waals surface area contributed by atoms with Gasteiger partial charge in [-0.25, -0.2) is 4.79 Å². The Morgan fingerprint density at radius 3 is 2.33 bits per heavy atom. The third-order valence-corrected chi connectivity index (χ3v) is 6.85. The van der Waals surface area contributed by atoms with E-state index in [4.69, 9.17) is 0 Å². The summed E-state index contributed by atoms with van der Waals surface area (Å²) in [7, 11) is 0. The first-order valence-corrected chi connectivity index (χ1v) is 9.91. The van der Waals surface area contributed by atoms with Gasteiger partial charge in [0.05, 0.1) is 0 Å². The van der Waals surface area contributed by atoms with Crippen molar-refractivity contribution >= 4 is 11.9 Å². The Hall–Kier alpha value is -1.26. The van der Waals surface area contributed by atoms with Crippen molar-refractivity contribution in [3.05, 3.63) is 0 Å². The number of carbonyl (C=O) groups excluding carboxylic acids is 2. The molecule has 5 rings (SSSR count). The highest BCUT2D eigenvalue weighted by Crippen LogP contribution is 2.59. The van der Waals surface area contributed by atoms with Crippen LogP contribution in [0.15, 0.2) is 0 Å². The summed E-state index contributed by atoms with van der Waals surface area (Å²) in [5.74, 6) is 3.05. The third-order valence-electron chi connectivity index (χ3n) is 6.85. The van der Waals surface area contributed by atoms with E-state index < -0.39 is 0 Å². The van der Waals surface area contributed by atoms with E-state index in [9.17, 15) is 9.59 Å². The highest BCUT2D eigenvalue weighted by atomic mass is 16.2. The highest BCUT2D eigenvalue weighted by molar-refractivity contribution is 5.78. The molecule has 4 saturated carbocycles. The van der Waals surface area contributed by atoms with E-state index in [0.29, 0.717) is 18.4 Å². The van der Waals surface area contributed by atoms with Gasteiger partial charge in [0.25, 0.3) is 0 Å². The molecule has 0 aromatic carbocycles. The maximum Gasteiger partial charge on any atom is 0.314 e. The van der Waals surface area contributed by atoms with Gasteiger partial charge in [0.1, 0.15) is 0 Å². The van der Waals surface area contributed by atoms with Crippen molar-refractivity contribution in [3.8, 4) is 0 Å². The Kier molecular flexibility index (Phi) is 4.44. The Bertz CT molecular complexity index is 470. The van der Waals surface area contributed by atoms with Crippen molar-refractivity contribution < 1.29 is 9.59 Å². The molecular formula is C19H31N3O2. The molecule has 4 bridgehead atoms. The molecule has 3 amide bonds. The summed E-state index contributed by atoms with van der Waals surface area (Å²) in [6, 6.07) is -0.0292. The first-order chi connectivity index (χ1) is 11.6. The molecular weight excluding hydrogens is 302 g/mol. The minimum atomic E-state index is -0.0292. The standard InChI is InChI=1S/C19H31N3O2/c23-17-3-1-5-22(17)6-2-4-20-18(24)21-13-19-10-14-7-15(11-19)9-16(8-14)12-19/h14-16H,1-13H2,(H2,20,21,24). The molecule has 0 unspecified atom stereocenters. The molecule has 0 aromatic heterocycles. The summed E-state index contributed by atoms with van der Waals surface area (Å²) in [5, 5.41) is 6.11. The van der Waals surface area contributed by atoms with Crippen molar-refractivity contribution in [3.63, 3.8) is 0 Å². The fraction of sp³-hybridized carbons (Fsp3) is 0.895. The Balaban J connectivity index is 1.15. The van der Waals surface area contributed by atoms with Gasteiger partial charge in [0, 0.05) is 32.6 Å². The van der Waals surface area contributed by atoms with E-state index in [1.165, 1.54) is 38.5 Å². The van der Waals surface area contributed by atoms with Gasteiger partial charge in [0.2, 0.25) is 5.91 Å². The molecule has 5 aliphatic rings. The molecule has 0 radical (unpaired) electrons. The second kappa shape index (κ2) is 6.57. The van der Waals surface area contributed by atoms with E-state index >= 15 is 0 Å². The van der Waals surface area contributed by atoms with E-state index in [2.05, 4.69) is 10.6 Å². The van der Waals surface area contributed by atoms with Crippen LogP contribution in [0.3, 0.4) is 0 Å². The molecule has 134 valence electrons. The molecule has 4 aliphatic carbocycles. The quantitative estimate of drug-likeness (QED) is 0.734. The SMILES string of the molecule is O=C(NCCCN1CCCC1=O)NCC12CC3CC(CC(C3)C1)C2. The summed E-state index contributed by atoms with van der Waals surface area (Å²) in [5.41, 5.74) is 0.397. The Labute approximate surface area is 144 Å². The predicted molar refractivity (Wildman–Crippen MR) is 92.4 cm³/mol. The molecule has 2 N–H and O–H groups in total. The smallest absolute Gasteiger partial charge is 0.314 e. The number of nitrogens with zero attached hydrogens (tertiary/aromatic N) is 1. The molecule has 0 atom stereocenters. The fourth-order valence-corrected chi connectivity index (χ4v) is 6.25. The predicted octanol–water partition coefficient (Wildman–Crippen LogP) is 2.51. The Morgan fingerprint density at radius 2 is 1.75 bits per heavy atom. The molecule has 0 aromatic rings. The van der Waals surface area contributed by atoms with Crippen molar-refractivity contribution in [1.82, 2.24) is 15.5 Å². The van der Waals surface area contributed by atoms with Gasteiger partial charge in [-0.3, -0.25) is 4.79 Å². The average Bonchev–Trinajstić information content (AvgIpc) is 2.94. The molecule has 5 nitrogen and oxygen atoms in total. The molecule has 1 saturated heterocycles. The largest absolute Gasteiger partial charge is 0.343 e. The molecule has 5 heteroatoms. The normalized spacial score (nSPS) is 37.1. The van der Waals surface area contributed by atoms with Crippen LogP contribution in [0.5, 0.6) is 0 Å². The zero-order chi connectivity index (χ0) is 16.6. The number of hydrogen-bond acceptors (Lipinski definition) is 2. The highest BCUT2D eigenvalue weighted by Gasteiger charge is 2.50. The minimum Gasteiger partial charge on any atom is -0.343 e. The van der Waals surface area contributed by atoms with E-state index in [0.717, 1.165) is 50.2 Å². The van der Waals surface area contributed by atoms with Crippen LogP contribution >= 0.6 is 0 Å². The average molecular weight is 333 g/mol. The molecule has 0 spiro atoms. The number of hydrogen-bond donors (Lipinski definition) is 2. The second-order valence-corrected chi connectivity index (χ2v) is 8.86. The number of amides is 3. The summed E-state index contributed by atoms with van der Waals surface area (Å²) in [6.45, 7) is 3.16. The zero-order valence-corrected chi connectivity index (χ0v) is 14.7. The molecule has 24 heavy (non-hydrogen) atoms. The van der Waals surface area contributed by atoms with Crippen molar-refractivity contribution in [2.75, 3.05) is 26.2 Å². The molecule has 1 aliphatic heterocycles. The lowest BCUT2D eigenvalue weighted by Crippen LogP contribution is -2.52. The van der Waals surface area contributed by atoms with Crippen LogP contribution in [0.2, 0.25) is 0 Å². The summed E-state index contributed by atoms with van der Waals surface area (Å²) < 4.78 is 0. The van der Waals surface area contributed by atoms with Gasteiger partial charge < -0.3 is 15.5 Å². The maximum atomic E-state index is 12.1. The Morgan fingerprint density at radius 1 is 1.08 bits per heavy atom. The van der Waals surface area contributed by atoms with Gasteiger partial charge in [-0.2, -0.15) is 0 Å². The lowest BCUT2D eigenvalue weighted by Gasteiger charge is -2.56. The van der Waals surface area contributed by atoms with Gasteiger partial charge >= 0.3 is 6.03 Å².